The largest absolute Gasteiger partial charge is 2.00 e. The van der Waals surface area contributed by atoms with Crippen molar-refractivity contribution in [2.24, 2.45) is 11.8 Å². The molecule has 3 aromatic rings. The average molecular weight is 986 g/mol. The number of piperidine rings is 2. The van der Waals surface area contributed by atoms with Crippen LogP contribution in [0.2, 0.25) is 0 Å². The van der Waals surface area contributed by atoms with Crippen LogP contribution in [0.3, 0.4) is 0 Å². The number of nitrogens with zero attached hydrogens (tertiary/aromatic N) is 2. The Hall–Kier alpha value is -3.12. The van der Waals surface area contributed by atoms with E-state index in [4.69, 9.17) is 18.9 Å². The zero-order valence-corrected chi connectivity index (χ0v) is 41.6. The summed E-state index contributed by atoms with van der Waals surface area (Å²) in [6, 6.07) is 19.9. The number of halogens is 5. The molecule has 3 saturated heterocycles. The number of carbonyl (C=O) groups excluding carboxylic acids is 3. The van der Waals surface area contributed by atoms with E-state index in [0.717, 1.165) is 13.2 Å². The van der Waals surface area contributed by atoms with Crippen molar-refractivity contribution in [1.29, 1.82) is 0 Å². The number of likely N-dealkylation sites (tertiary alicyclic amines) is 2. The molecular weight excluding hydrogens is 919 g/mol. The van der Waals surface area contributed by atoms with Crippen molar-refractivity contribution in [3.05, 3.63) is 107 Å². The first kappa shape index (κ1) is 62.0. The zero-order valence-electron chi connectivity index (χ0n) is 37.8. The molecule has 17 heteroatoms. The van der Waals surface area contributed by atoms with Gasteiger partial charge in [0.1, 0.15) is 28.4 Å². The molecule has 6 rings (SSSR count). The molecule has 3 heterocycles. The summed E-state index contributed by atoms with van der Waals surface area (Å²) in [4.78, 5) is 39.0. The molecule has 0 atom stereocenters. The Kier molecular flexibility index (Phi) is 29.7. The Bertz CT molecular complexity index is 1670. The first-order valence-corrected chi connectivity index (χ1v) is 20.4. The summed E-state index contributed by atoms with van der Waals surface area (Å²) in [6.45, 7) is 17.2. The van der Waals surface area contributed by atoms with Crippen molar-refractivity contribution in [3.63, 3.8) is 0 Å². The average Bonchev–Trinajstić information content (AvgIpc) is 3.79. The number of esters is 1. The van der Waals surface area contributed by atoms with Crippen LogP contribution in [0.4, 0.5) is 22.8 Å². The second-order valence-electron chi connectivity index (χ2n) is 16.6. The van der Waals surface area contributed by atoms with Crippen LogP contribution in [-0.4, -0.2) is 113 Å². The quantitative estimate of drug-likeness (QED) is 0.124. The third-order valence-electron chi connectivity index (χ3n) is 9.58. The smallest absolute Gasteiger partial charge is 1.00 e. The molecule has 3 aliphatic heterocycles. The third kappa shape index (κ3) is 22.1. The number of benzene rings is 3. The third-order valence-corrected chi connectivity index (χ3v) is 9.58. The molecule has 0 unspecified atom stereocenters. The molecule has 2 amide bonds. The van der Waals surface area contributed by atoms with Gasteiger partial charge >= 0.3 is 41.2 Å². The van der Waals surface area contributed by atoms with E-state index < -0.39 is 28.4 Å². The molecule has 0 aromatic heterocycles. The van der Waals surface area contributed by atoms with Gasteiger partial charge < -0.3 is 57.0 Å². The van der Waals surface area contributed by atoms with Crippen molar-refractivity contribution in [2.75, 3.05) is 46.0 Å². The molecule has 0 saturated carbocycles. The van der Waals surface area contributed by atoms with E-state index in [1.165, 1.54) is 61.4 Å². The second-order valence-corrected chi connectivity index (χ2v) is 16.6. The predicted octanol–water partition coefficient (Wildman–Crippen LogP) is 6.67. The minimum absolute atomic E-state index is 0. The van der Waals surface area contributed by atoms with Gasteiger partial charge in [-0.3, -0.25) is 4.79 Å². The van der Waals surface area contributed by atoms with E-state index in [9.17, 15) is 32.7 Å². The summed E-state index contributed by atoms with van der Waals surface area (Å²) >= 11 is 0. The summed E-state index contributed by atoms with van der Waals surface area (Å²) in [7, 11) is 0. The van der Waals surface area contributed by atoms with Crippen LogP contribution in [0.5, 0.6) is 0 Å². The predicted molar refractivity (Wildman–Crippen MR) is 237 cm³/mol. The fourth-order valence-corrected chi connectivity index (χ4v) is 6.61. The summed E-state index contributed by atoms with van der Waals surface area (Å²) in [5, 5.41) is 11.8. The zero-order chi connectivity index (χ0) is 43.6. The van der Waals surface area contributed by atoms with Crippen molar-refractivity contribution in [3.8, 4) is 0 Å². The molecule has 0 aliphatic carbocycles. The standard InChI is InChI=1S/C23H27F2NO3.C13H23NO4.C6H4F.C4H8O.BrH.ClH.Mg.H3N/c1-22(2,3)29-21(27)26-14-12-18(13-15-26)23(28,16-4-8-19(24)9-5-16)17-6-10-20(25)11-7-17;1-5-17-11(15)10-6-8-14(9-7-10)12(16)18-13(2,3)4;7-6-4-2-1-3-5-6;1-2-4-5-3-1;;;;/h4-11,18,28H,12-15H2,1-3H3;10H,5-9H2,1-4H3;2-5H;1-4H2;2*1H;;1H3/q;;-1;;;;+2;/p-1. The minimum atomic E-state index is -1.42. The van der Waals surface area contributed by atoms with Gasteiger partial charge in [-0.1, -0.05) is 24.3 Å². The van der Waals surface area contributed by atoms with E-state index >= 15 is 0 Å². The Morgan fingerprint density at radius 2 is 1.06 bits per heavy atom. The number of amides is 2. The molecule has 4 N–H and O–H groups in total. The number of hydrogen-bond donors (Lipinski definition) is 2. The Morgan fingerprint density at radius 3 is 1.37 bits per heavy atom. The maximum atomic E-state index is 13.5. The van der Waals surface area contributed by atoms with Gasteiger partial charge in [0.2, 0.25) is 0 Å². The van der Waals surface area contributed by atoms with Gasteiger partial charge in [-0.15, -0.1) is 24.5 Å². The molecule has 63 heavy (non-hydrogen) atoms. The Labute approximate surface area is 405 Å². The summed E-state index contributed by atoms with van der Waals surface area (Å²) in [5.74, 6) is -1.45. The second kappa shape index (κ2) is 30.2. The number of aliphatic hydroxyl groups is 1. The van der Waals surface area contributed by atoms with Crippen LogP contribution in [0.25, 0.3) is 0 Å². The van der Waals surface area contributed by atoms with E-state index in [0.29, 0.717) is 69.6 Å². The van der Waals surface area contributed by atoms with Gasteiger partial charge in [0.25, 0.3) is 0 Å². The summed E-state index contributed by atoms with van der Waals surface area (Å²) < 4.78 is 59.5. The molecule has 0 bridgehead atoms. The van der Waals surface area contributed by atoms with E-state index in [2.05, 4.69) is 6.07 Å². The maximum Gasteiger partial charge on any atom is 2.00 e. The van der Waals surface area contributed by atoms with Crippen molar-refractivity contribution in [1.82, 2.24) is 16.0 Å². The van der Waals surface area contributed by atoms with Gasteiger partial charge in [-0.25, -0.2) is 22.8 Å². The van der Waals surface area contributed by atoms with Crippen molar-refractivity contribution in [2.45, 2.75) is 104 Å². The molecule has 350 valence electrons. The van der Waals surface area contributed by atoms with Crippen LogP contribution in [0, 0.1) is 35.4 Å². The van der Waals surface area contributed by atoms with Crippen LogP contribution in [0.1, 0.15) is 98.1 Å². The Morgan fingerprint density at radius 1 is 0.698 bits per heavy atom. The SMILES string of the molecule is C1CCOC1.CC(C)(C)OC(=O)N1CCC(C(O)(c2ccc(F)cc2)c2ccc(F)cc2)CC1.CCOC(=O)C1CCN(C(=O)OC(C)(C)C)CC1.Cl.Fc1cc[c-]cc1.N.[Br-].[Mg+2]. The monoisotopic (exact) mass is 983 g/mol. The minimum Gasteiger partial charge on any atom is -1.00 e. The topological polar surface area (TPSA) is 150 Å². The van der Waals surface area contributed by atoms with Crippen LogP contribution < -0.4 is 23.1 Å². The van der Waals surface area contributed by atoms with Crippen molar-refractivity contribution < 1.29 is 68.6 Å². The molecule has 3 aromatic carbocycles. The van der Waals surface area contributed by atoms with Gasteiger partial charge in [0.05, 0.1) is 12.5 Å². The first-order valence-electron chi connectivity index (χ1n) is 20.4. The normalized spacial score (nSPS) is 15.2. The number of rotatable bonds is 5. The molecule has 3 fully saturated rings. The molecule has 3 aliphatic rings. The molecule has 0 radical (unpaired) electrons. The van der Waals surface area contributed by atoms with E-state index in [1.54, 1.807) is 41.0 Å². The molecule has 11 nitrogen and oxygen atoms in total. The Balaban J connectivity index is 0. The fraction of sp³-hybridized carbons (Fsp3) is 0.543. The molecule has 0 spiro atoms. The van der Waals surface area contributed by atoms with E-state index in [1.807, 2.05) is 41.5 Å². The number of hydrogen-bond acceptors (Lipinski definition) is 9. The number of carbonyl (C=O) groups is 3. The summed E-state index contributed by atoms with van der Waals surface area (Å²) in [6.07, 6.45) is 4.25. The summed E-state index contributed by atoms with van der Waals surface area (Å²) in [5.41, 5.74) is -1.38. The first-order chi connectivity index (χ1) is 27.8. The fourth-order valence-electron chi connectivity index (χ4n) is 6.61. The maximum absolute atomic E-state index is 13.5. The van der Waals surface area contributed by atoms with Crippen LogP contribution in [-0.2, 0) is 29.3 Å². The van der Waals surface area contributed by atoms with Crippen molar-refractivity contribution >= 4 is 53.6 Å². The molecular formula is C46H66BrClF3MgN3O8. The van der Waals surface area contributed by atoms with Gasteiger partial charge in [-0.05, 0) is 128 Å². The van der Waals surface area contributed by atoms with Gasteiger partial charge in [0.15, 0.2) is 0 Å². The van der Waals surface area contributed by atoms with Gasteiger partial charge in [0, 0.05) is 45.2 Å². The van der Waals surface area contributed by atoms with E-state index in [-0.39, 0.29) is 94.4 Å². The van der Waals surface area contributed by atoms with Crippen LogP contribution in [0.15, 0.2) is 72.8 Å². The van der Waals surface area contributed by atoms with Gasteiger partial charge in [-0.2, -0.15) is 18.2 Å². The van der Waals surface area contributed by atoms with Crippen LogP contribution >= 0.6 is 12.4 Å². The number of ether oxygens (including phenoxy) is 4.